The minimum absolute atomic E-state index is 0.392. The Bertz CT molecular complexity index is 2730. The number of nitrogens with zero attached hydrogens (tertiary/aromatic N) is 1. The number of halogens is 20. The number of carbonyl (C=O) groups excluding carboxylic acids is 1. The highest BCUT2D eigenvalue weighted by Crippen LogP contribution is 2.31. The molecule has 0 aliphatic carbocycles. The Kier molecular flexibility index (Phi) is 12.7. The SMILES string of the molecule is Fc1c(F)c(F)c([B-](c2c(F)c(F)c(F)c(F)c2F)(c2c(F)c(F)c(F)c(F)c2F)c2c(F)c(F)c(F)c(F)c2F)c(F)c1F.NC(=O)c1cccc2c[n+](Cc3ccccc3)ccc12. The summed E-state index contributed by atoms with van der Waals surface area (Å²) in [6.45, 7) is 0.803. The fourth-order valence-electron chi connectivity index (χ4n) is 7.26. The molecule has 2 N–H and O–H groups in total. The van der Waals surface area contributed by atoms with Crippen LogP contribution in [0.25, 0.3) is 10.8 Å². The van der Waals surface area contributed by atoms with E-state index in [0.29, 0.717) is 5.56 Å². The lowest BCUT2D eigenvalue weighted by molar-refractivity contribution is -0.687. The van der Waals surface area contributed by atoms with Crippen molar-refractivity contribution in [3.8, 4) is 0 Å². The molecule has 0 radical (unpaired) electrons. The maximum Gasteiger partial charge on any atom is 0.249 e. The Morgan fingerprint density at radius 3 is 1.02 bits per heavy atom. The predicted octanol–water partition coefficient (Wildman–Crippen LogP) is 8.12. The highest BCUT2D eigenvalue weighted by molar-refractivity contribution is 7.20. The first kappa shape index (κ1) is 47.3. The van der Waals surface area contributed by atoms with Crippen molar-refractivity contribution >= 4 is 44.7 Å². The molecule has 7 aromatic rings. The van der Waals surface area contributed by atoms with Crippen LogP contribution in [0.3, 0.4) is 0 Å². The van der Waals surface area contributed by atoms with E-state index in [1.54, 1.807) is 6.07 Å². The van der Waals surface area contributed by atoms with Crippen molar-refractivity contribution in [3.05, 3.63) is 194 Å². The van der Waals surface area contributed by atoms with Gasteiger partial charge in [0.05, 0.1) is 0 Å². The highest BCUT2D eigenvalue weighted by atomic mass is 19.2. The third kappa shape index (κ3) is 7.42. The van der Waals surface area contributed by atoms with Gasteiger partial charge in [0, 0.05) is 28.0 Å². The van der Waals surface area contributed by atoms with Crippen LogP contribution in [0, 0.1) is 116 Å². The smallest absolute Gasteiger partial charge is 0.249 e. The van der Waals surface area contributed by atoms with Crippen molar-refractivity contribution in [2.75, 3.05) is 0 Å². The molecule has 338 valence electrons. The van der Waals surface area contributed by atoms with Crippen molar-refractivity contribution in [1.29, 1.82) is 0 Å². The van der Waals surface area contributed by atoms with Gasteiger partial charge in [0.1, 0.15) is 52.7 Å². The molecule has 0 atom stereocenters. The van der Waals surface area contributed by atoms with E-state index < -0.39 is 150 Å². The van der Waals surface area contributed by atoms with Crippen molar-refractivity contribution < 1.29 is 97.2 Å². The molecule has 3 nitrogen and oxygen atoms in total. The van der Waals surface area contributed by atoms with E-state index in [1.165, 1.54) is 5.56 Å². The number of benzene rings is 6. The Hall–Kier alpha value is -7.14. The van der Waals surface area contributed by atoms with Crippen molar-refractivity contribution in [2.45, 2.75) is 6.54 Å². The summed E-state index contributed by atoms with van der Waals surface area (Å²) in [5, 5.41) is 1.91. The maximum atomic E-state index is 15.4. The van der Waals surface area contributed by atoms with Crippen LogP contribution in [-0.2, 0) is 6.54 Å². The molecule has 1 heterocycles. The molecule has 0 spiro atoms. The van der Waals surface area contributed by atoms with E-state index in [-0.39, 0.29) is 0 Å². The van der Waals surface area contributed by atoms with Crippen LogP contribution in [0.15, 0.2) is 67.0 Å². The largest absolute Gasteiger partial charge is 0.366 e. The standard InChI is InChI=1S/C24BF20.C17H14N2O/c26-5-1(6(27)14(35)21(42)13(5)34)25(2-7(28)15(36)22(43)16(37)8(2)29,3-9(30)17(38)23(44)18(39)10(3)31)4-11(32)19(40)24(45)20(41)12(4)33;18-17(20)16-8-4-7-14-12-19(10-9-15(14)16)11-13-5-2-1-3-6-13/h;1-10,12H,11H2,(H-,18,20)/q-1;/p+1. The van der Waals surface area contributed by atoms with E-state index in [1.807, 2.05) is 48.8 Å². The third-order valence-corrected chi connectivity index (χ3v) is 10.1. The van der Waals surface area contributed by atoms with Crippen molar-refractivity contribution in [1.82, 2.24) is 0 Å². The van der Waals surface area contributed by atoms with Crippen LogP contribution in [-0.4, -0.2) is 12.1 Å². The van der Waals surface area contributed by atoms with Gasteiger partial charge >= 0.3 is 0 Å². The Labute approximate surface area is 348 Å². The lowest BCUT2D eigenvalue weighted by Crippen LogP contribution is -2.81. The van der Waals surface area contributed by atoms with Crippen LogP contribution in [0.4, 0.5) is 87.8 Å². The highest BCUT2D eigenvalue weighted by Gasteiger charge is 2.52. The zero-order chi connectivity index (χ0) is 48.3. The molecular weight excluding hydrogens is 927 g/mol. The summed E-state index contributed by atoms with van der Waals surface area (Å²) in [6.07, 6.45) is -3.21. The van der Waals surface area contributed by atoms with E-state index in [4.69, 9.17) is 5.73 Å². The molecule has 0 bridgehead atoms. The molecule has 1 aromatic heterocycles. The molecular formula is C41H15BF20N2O. The number of nitrogens with two attached hydrogens (primary N) is 1. The van der Waals surface area contributed by atoms with Crippen LogP contribution in [0.1, 0.15) is 15.9 Å². The third-order valence-electron chi connectivity index (χ3n) is 10.1. The van der Waals surface area contributed by atoms with Gasteiger partial charge in [-0.2, -0.15) is 0 Å². The average Bonchev–Trinajstić information content (AvgIpc) is 3.29. The molecule has 0 saturated carbocycles. The number of fused-ring (bicyclic) bond motifs is 1. The molecule has 0 unspecified atom stereocenters. The molecule has 7 rings (SSSR count). The van der Waals surface area contributed by atoms with E-state index in [9.17, 15) is 57.5 Å². The first-order valence-electron chi connectivity index (χ1n) is 17.4. The molecule has 0 aliphatic rings. The minimum Gasteiger partial charge on any atom is -0.366 e. The number of hydrogen-bond donors (Lipinski definition) is 1. The quantitative estimate of drug-likeness (QED) is 0.0568. The average molecular weight is 942 g/mol. The van der Waals surface area contributed by atoms with Gasteiger partial charge in [-0.15, -0.1) is 21.9 Å². The summed E-state index contributed by atoms with van der Waals surface area (Å²) in [4.78, 5) is 11.4. The number of amides is 1. The summed E-state index contributed by atoms with van der Waals surface area (Å²) >= 11 is 0. The zero-order valence-corrected chi connectivity index (χ0v) is 31.1. The Morgan fingerprint density at radius 1 is 0.400 bits per heavy atom. The van der Waals surface area contributed by atoms with Crippen LogP contribution in [0.5, 0.6) is 0 Å². The second-order valence-corrected chi connectivity index (χ2v) is 13.6. The van der Waals surface area contributed by atoms with Gasteiger partial charge in [0.2, 0.25) is 5.91 Å². The van der Waals surface area contributed by atoms with Gasteiger partial charge in [-0.05, 0) is 12.1 Å². The number of rotatable bonds is 7. The monoisotopic (exact) mass is 942 g/mol. The first-order valence-corrected chi connectivity index (χ1v) is 17.4. The van der Waals surface area contributed by atoms with Crippen molar-refractivity contribution in [3.63, 3.8) is 0 Å². The number of hydrogen-bond acceptors (Lipinski definition) is 1. The number of primary amides is 1. The second kappa shape index (κ2) is 17.4. The fourth-order valence-corrected chi connectivity index (χ4v) is 7.26. The molecule has 6 aromatic carbocycles. The zero-order valence-electron chi connectivity index (χ0n) is 31.1. The summed E-state index contributed by atoms with van der Waals surface area (Å²) in [5.74, 6) is -71.8. The summed E-state index contributed by atoms with van der Waals surface area (Å²) in [5.41, 5.74) is -7.13. The maximum absolute atomic E-state index is 15.4. The van der Waals surface area contributed by atoms with Crippen LogP contribution >= 0.6 is 0 Å². The van der Waals surface area contributed by atoms with E-state index >= 15 is 35.1 Å². The fraction of sp³-hybridized carbons (Fsp3) is 0.0244. The summed E-state index contributed by atoms with van der Waals surface area (Å²) in [7, 11) is 0. The van der Waals surface area contributed by atoms with Gasteiger partial charge in [0.15, 0.2) is 88.7 Å². The second-order valence-electron chi connectivity index (χ2n) is 13.6. The van der Waals surface area contributed by atoms with Gasteiger partial charge in [0.25, 0.3) is 0 Å². The van der Waals surface area contributed by atoms with Crippen molar-refractivity contribution in [2.24, 2.45) is 5.73 Å². The predicted molar refractivity (Wildman–Crippen MR) is 187 cm³/mol. The van der Waals surface area contributed by atoms with Gasteiger partial charge in [-0.25, -0.2) is 92.4 Å². The van der Waals surface area contributed by atoms with Gasteiger partial charge < -0.3 is 5.73 Å². The summed E-state index contributed by atoms with van der Waals surface area (Å²) < 4.78 is 296. The first-order chi connectivity index (χ1) is 30.4. The summed E-state index contributed by atoms with van der Waals surface area (Å²) in [6, 6.07) is 17.8. The van der Waals surface area contributed by atoms with Gasteiger partial charge in [-0.1, -0.05) is 36.4 Å². The minimum atomic E-state index is -7.22. The molecule has 0 aliphatic heterocycles. The molecule has 65 heavy (non-hydrogen) atoms. The lowest BCUT2D eigenvalue weighted by Gasteiger charge is -2.44. The van der Waals surface area contributed by atoms with Crippen LogP contribution < -0.4 is 32.2 Å². The Morgan fingerprint density at radius 2 is 0.708 bits per heavy atom. The molecule has 1 amide bonds. The topological polar surface area (TPSA) is 47.0 Å². The molecule has 24 heteroatoms. The van der Waals surface area contributed by atoms with Gasteiger partial charge in [-0.3, -0.25) is 4.79 Å². The van der Waals surface area contributed by atoms with Crippen LogP contribution in [0.2, 0.25) is 0 Å². The lowest BCUT2D eigenvalue weighted by atomic mass is 9.12. The number of pyridine rings is 1. The number of aromatic nitrogens is 1. The number of carbonyl (C=O) groups is 1. The van der Waals surface area contributed by atoms with E-state index in [0.717, 1.165) is 17.3 Å². The van der Waals surface area contributed by atoms with E-state index in [2.05, 4.69) is 16.7 Å². The molecule has 0 fully saturated rings. The normalized spacial score (nSPS) is 11.6. The molecule has 0 saturated heterocycles. The Balaban J connectivity index is 0.000000289.